The van der Waals surface area contributed by atoms with Gasteiger partial charge in [0.15, 0.2) is 5.69 Å². The van der Waals surface area contributed by atoms with Gasteiger partial charge in [-0.2, -0.15) is 39.5 Å². The lowest BCUT2D eigenvalue weighted by atomic mass is 10.0. The fourth-order valence-electron chi connectivity index (χ4n) is 3.87. The van der Waals surface area contributed by atoms with Crippen molar-refractivity contribution in [2.45, 2.75) is 50.4 Å². The van der Waals surface area contributed by atoms with Gasteiger partial charge in [0.05, 0.1) is 18.2 Å². The summed E-state index contributed by atoms with van der Waals surface area (Å²) in [5.41, 5.74) is 2.91. The Morgan fingerprint density at radius 2 is 1.71 bits per heavy atom. The molecule has 2 aliphatic rings. The number of carbonyl (C=O) groups excluding carboxylic acids is 2. The van der Waals surface area contributed by atoms with E-state index in [2.05, 4.69) is 9.97 Å². The largest absolute Gasteiger partial charge is 0.451 e. The molecule has 1 aromatic heterocycles. The second-order valence-corrected chi connectivity index (χ2v) is 8.09. The lowest BCUT2D eigenvalue weighted by Crippen LogP contribution is -2.44. The van der Waals surface area contributed by atoms with Gasteiger partial charge in [-0.05, 0) is 6.42 Å². The van der Waals surface area contributed by atoms with Crippen molar-refractivity contribution in [3.63, 3.8) is 0 Å². The summed E-state index contributed by atoms with van der Waals surface area (Å²) in [6.07, 6.45) is -16.7. The number of hydrogen-bond acceptors (Lipinski definition) is 5. The lowest BCUT2D eigenvalue weighted by molar-refractivity contribution is -0.171. The van der Waals surface area contributed by atoms with Crippen molar-refractivity contribution in [3.05, 3.63) is 22.8 Å². The predicted molar refractivity (Wildman–Crippen MR) is 94.5 cm³/mol. The summed E-state index contributed by atoms with van der Waals surface area (Å²) in [6.45, 7) is -1.91. The third kappa shape index (κ3) is 5.70. The van der Waals surface area contributed by atoms with E-state index in [0.717, 1.165) is 9.80 Å². The molecule has 16 heteroatoms. The van der Waals surface area contributed by atoms with E-state index in [4.69, 9.17) is 5.73 Å². The summed E-state index contributed by atoms with van der Waals surface area (Å²) in [5.74, 6) is -5.38. The number of aromatic nitrogens is 2. The topological polar surface area (TPSA) is 92.4 Å². The molecule has 2 N–H and O–H groups in total. The van der Waals surface area contributed by atoms with Crippen LogP contribution in [0.15, 0.2) is 0 Å². The number of nitrogens with two attached hydrogens (primary N) is 1. The van der Waals surface area contributed by atoms with Gasteiger partial charge in [-0.1, -0.05) is 0 Å². The molecule has 190 valence electrons. The van der Waals surface area contributed by atoms with Crippen molar-refractivity contribution in [3.8, 4) is 0 Å². The molecular formula is C18H18F9N5O2. The van der Waals surface area contributed by atoms with Gasteiger partial charge in [0, 0.05) is 44.1 Å². The van der Waals surface area contributed by atoms with E-state index in [1.165, 1.54) is 0 Å². The third-order valence-electron chi connectivity index (χ3n) is 5.51. The molecule has 2 aliphatic heterocycles. The van der Waals surface area contributed by atoms with Gasteiger partial charge in [-0.3, -0.25) is 9.59 Å². The highest BCUT2D eigenvalue weighted by Crippen LogP contribution is 2.37. The molecule has 34 heavy (non-hydrogen) atoms. The van der Waals surface area contributed by atoms with Crippen LogP contribution in [0, 0.1) is 5.92 Å². The molecule has 2 amide bonds. The van der Waals surface area contributed by atoms with Crippen LogP contribution in [0.5, 0.6) is 0 Å². The Kier molecular flexibility index (Phi) is 6.76. The first-order valence-corrected chi connectivity index (χ1v) is 9.88. The second kappa shape index (κ2) is 8.85. The molecule has 0 saturated carbocycles. The maximum atomic E-state index is 13.2. The molecule has 0 radical (unpaired) electrons. The van der Waals surface area contributed by atoms with E-state index in [0.29, 0.717) is 0 Å². The summed E-state index contributed by atoms with van der Waals surface area (Å²) in [5, 5.41) is 0. The molecule has 1 aromatic rings. The van der Waals surface area contributed by atoms with E-state index >= 15 is 0 Å². The highest BCUT2D eigenvalue weighted by atomic mass is 19.4. The van der Waals surface area contributed by atoms with Gasteiger partial charge in [0.25, 0.3) is 0 Å². The smallest absolute Gasteiger partial charge is 0.340 e. The first kappa shape index (κ1) is 26.0. The fraction of sp³-hybridized carbons (Fsp3) is 0.667. The van der Waals surface area contributed by atoms with E-state index in [1.807, 2.05) is 0 Å². The van der Waals surface area contributed by atoms with Crippen LogP contribution in [0.2, 0.25) is 0 Å². The fourth-order valence-corrected chi connectivity index (χ4v) is 3.87. The number of nitrogens with zero attached hydrogens (tertiary/aromatic N) is 4. The number of hydrogen-bond donors (Lipinski definition) is 1. The number of carbonyl (C=O) groups is 2. The molecule has 1 saturated heterocycles. The maximum absolute atomic E-state index is 13.2. The van der Waals surface area contributed by atoms with E-state index in [9.17, 15) is 49.1 Å². The molecular weight excluding hydrogens is 489 g/mol. The highest BCUT2D eigenvalue weighted by Gasteiger charge is 2.47. The van der Waals surface area contributed by atoms with Crippen molar-refractivity contribution in [1.82, 2.24) is 19.8 Å². The van der Waals surface area contributed by atoms with Crippen molar-refractivity contribution >= 4 is 11.8 Å². The number of fused-ring (bicyclic) bond motifs is 1. The number of likely N-dealkylation sites (tertiary alicyclic amines) is 1. The third-order valence-corrected chi connectivity index (χ3v) is 5.51. The molecule has 0 aromatic carbocycles. The van der Waals surface area contributed by atoms with Gasteiger partial charge in [0.1, 0.15) is 0 Å². The van der Waals surface area contributed by atoms with Crippen LogP contribution in [-0.2, 0) is 34.9 Å². The molecule has 0 spiro atoms. The number of rotatable bonds is 4. The van der Waals surface area contributed by atoms with Crippen molar-refractivity contribution < 1.29 is 49.1 Å². The summed E-state index contributed by atoms with van der Waals surface area (Å²) in [7, 11) is 0. The summed E-state index contributed by atoms with van der Waals surface area (Å²) in [4.78, 5) is 32.0. The zero-order valence-corrected chi connectivity index (χ0v) is 17.2. The Morgan fingerprint density at radius 1 is 1.06 bits per heavy atom. The molecule has 0 aliphatic carbocycles. The standard InChI is InChI=1S/C18H18F9N5O2/c19-16(20,21)8-3-12(33)32(5-8)6-9(28)4-13(34)31-2-1-10-11(7-31)29-15(18(25,26)27)30-14(10)17(22,23)24/h8-9H,1-7,28H2. The first-order chi connectivity index (χ1) is 15.5. The normalized spacial score (nSPS) is 20.5. The van der Waals surface area contributed by atoms with Gasteiger partial charge < -0.3 is 15.5 Å². The Bertz CT molecular complexity index is 961. The van der Waals surface area contributed by atoms with Crippen LogP contribution >= 0.6 is 0 Å². The Morgan fingerprint density at radius 3 is 2.24 bits per heavy atom. The van der Waals surface area contributed by atoms with Gasteiger partial charge in [0.2, 0.25) is 17.6 Å². The van der Waals surface area contributed by atoms with E-state index < -0.39 is 97.4 Å². The number of alkyl halides is 9. The molecule has 2 atom stereocenters. The average molecular weight is 507 g/mol. The SMILES string of the molecule is NC(CC(=O)N1CCc2c(nc(C(F)(F)F)nc2C(F)(F)F)C1)CN1CC(C(F)(F)F)CC1=O. The summed E-state index contributed by atoms with van der Waals surface area (Å²) in [6, 6.07) is -1.09. The number of amides is 2. The van der Waals surface area contributed by atoms with Gasteiger partial charge in [-0.15, -0.1) is 0 Å². The molecule has 3 rings (SSSR count). The van der Waals surface area contributed by atoms with Crippen molar-refractivity contribution in [1.29, 1.82) is 0 Å². The van der Waals surface area contributed by atoms with Gasteiger partial charge >= 0.3 is 18.5 Å². The maximum Gasteiger partial charge on any atom is 0.451 e. The number of halogens is 9. The summed E-state index contributed by atoms with van der Waals surface area (Å²) >= 11 is 0. The van der Waals surface area contributed by atoms with Crippen LogP contribution < -0.4 is 5.73 Å². The van der Waals surface area contributed by atoms with Crippen LogP contribution in [0.25, 0.3) is 0 Å². The second-order valence-electron chi connectivity index (χ2n) is 8.09. The lowest BCUT2D eigenvalue weighted by Gasteiger charge is -2.31. The molecule has 1 fully saturated rings. The van der Waals surface area contributed by atoms with Gasteiger partial charge in [-0.25, -0.2) is 9.97 Å². The summed E-state index contributed by atoms with van der Waals surface area (Å²) < 4.78 is 117. The zero-order valence-electron chi connectivity index (χ0n) is 17.2. The van der Waals surface area contributed by atoms with Crippen LogP contribution in [0.1, 0.15) is 35.6 Å². The van der Waals surface area contributed by atoms with Crippen LogP contribution in [0.3, 0.4) is 0 Å². The van der Waals surface area contributed by atoms with Crippen molar-refractivity contribution in [2.75, 3.05) is 19.6 Å². The van der Waals surface area contributed by atoms with E-state index in [-0.39, 0.29) is 13.1 Å². The average Bonchev–Trinajstić information content (AvgIpc) is 3.05. The molecule has 2 unspecified atom stereocenters. The quantitative estimate of drug-likeness (QED) is 0.633. The molecule has 3 heterocycles. The first-order valence-electron chi connectivity index (χ1n) is 9.88. The van der Waals surface area contributed by atoms with Crippen LogP contribution in [-0.4, -0.2) is 63.4 Å². The Labute approximate surface area is 186 Å². The minimum absolute atomic E-state index is 0.283. The minimum Gasteiger partial charge on any atom is -0.340 e. The molecule has 7 nitrogen and oxygen atoms in total. The Balaban J connectivity index is 1.69. The zero-order chi connectivity index (χ0) is 25.6. The van der Waals surface area contributed by atoms with E-state index in [1.54, 1.807) is 0 Å². The van der Waals surface area contributed by atoms with Crippen molar-refractivity contribution in [2.24, 2.45) is 11.7 Å². The monoisotopic (exact) mass is 507 g/mol. The minimum atomic E-state index is -5.25. The van der Waals surface area contributed by atoms with Crippen LogP contribution in [0.4, 0.5) is 39.5 Å². The molecule has 0 bridgehead atoms. The predicted octanol–water partition coefficient (Wildman–Crippen LogP) is 2.53. The highest BCUT2D eigenvalue weighted by molar-refractivity contribution is 5.79. The Hall–Kier alpha value is -2.65.